The molecular weight excluding hydrogens is 358 g/mol. The van der Waals surface area contributed by atoms with Crippen LogP contribution in [0, 0.1) is 17.8 Å². The van der Waals surface area contributed by atoms with Crippen molar-refractivity contribution in [3.8, 4) is 11.8 Å². The average Bonchev–Trinajstić information content (AvgIpc) is 2.99. The highest BCUT2D eigenvalue weighted by molar-refractivity contribution is 5.75. The summed E-state index contributed by atoms with van der Waals surface area (Å²) in [5, 5.41) is 0. The Morgan fingerprint density at radius 2 is 1.86 bits per heavy atom. The van der Waals surface area contributed by atoms with E-state index in [4.69, 9.17) is 4.74 Å². The van der Waals surface area contributed by atoms with Crippen molar-refractivity contribution in [1.29, 1.82) is 0 Å². The van der Waals surface area contributed by atoms with Crippen LogP contribution in [0.5, 0.6) is 0 Å². The molecule has 29 heavy (non-hydrogen) atoms. The molecular formula is C26H29NO2. The first-order valence-corrected chi connectivity index (χ1v) is 10.6. The van der Waals surface area contributed by atoms with Gasteiger partial charge in [0.05, 0.1) is 13.0 Å². The van der Waals surface area contributed by atoms with Gasteiger partial charge in [-0.1, -0.05) is 54.3 Å². The molecule has 0 aromatic heterocycles. The van der Waals surface area contributed by atoms with Crippen LogP contribution in [0.4, 0.5) is 0 Å². The quantitative estimate of drug-likeness (QED) is 0.575. The lowest BCUT2D eigenvalue weighted by molar-refractivity contribution is -0.150. The van der Waals surface area contributed by atoms with Gasteiger partial charge >= 0.3 is 5.97 Å². The summed E-state index contributed by atoms with van der Waals surface area (Å²) in [7, 11) is 3.66. The van der Waals surface area contributed by atoms with E-state index >= 15 is 0 Å². The topological polar surface area (TPSA) is 29.5 Å². The van der Waals surface area contributed by atoms with Crippen LogP contribution >= 0.6 is 0 Å². The van der Waals surface area contributed by atoms with E-state index in [1.807, 2.05) is 6.07 Å². The van der Waals surface area contributed by atoms with Crippen molar-refractivity contribution < 1.29 is 9.53 Å². The molecule has 0 spiro atoms. The summed E-state index contributed by atoms with van der Waals surface area (Å²) in [5.74, 6) is 6.64. The summed E-state index contributed by atoms with van der Waals surface area (Å²) in [4.78, 5) is 15.0. The molecule has 3 nitrogen and oxygen atoms in total. The van der Waals surface area contributed by atoms with Gasteiger partial charge in [0.2, 0.25) is 0 Å². The van der Waals surface area contributed by atoms with Crippen LogP contribution in [0.3, 0.4) is 0 Å². The number of carbonyl (C=O) groups is 1. The molecule has 0 aliphatic carbocycles. The van der Waals surface area contributed by atoms with Gasteiger partial charge in [-0.3, -0.25) is 9.69 Å². The third-order valence-corrected chi connectivity index (χ3v) is 6.70. The van der Waals surface area contributed by atoms with Crippen molar-refractivity contribution in [3.05, 3.63) is 71.3 Å². The second-order valence-electron chi connectivity index (χ2n) is 8.26. The van der Waals surface area contributed by atoms with Gasteiger partial charge in [0.25, 0.3) is 0 Å². The Balaban J connectivity index is 1.44. The van der Waals surface area contributed by atoms with Crippen LogP contribution in [0.25, 0.3) is 0 Å². The number of aryl methyl sites for hydroxylation is 1. The molecule has 4 atom stereocenters. The van der Waals surface area contributed by atoms with Gasteiger partial charge in [0.1, 0.15) is 0 Å². The molecule has 2 unspecified atom stereocenters. The van der Waals surface area contributed by atoms with Crippen molar-refractivity contribution in [2.45, 2.75) is 50.1 Å². The first kappa shape index (κ1) is 19.7. The summed E-state index contributed by atoms with van der Waals surface area (Å²) < 4.78 is 5.18. The minimum absolute atomic E-state index is 0.0722. The number of methoxy groups -OCH3 is 1. The van der Waals surface area contributed by atoms with E-state index in [1.165, 1.54) is 24.7 Å². The van der Waals surface area contributed by atoms with E-state index in [2.05, 4.69) is 72.3 Å². The molecule has 2 aromatic carbocycles. The fraction of sp³-hybridized carbons (Fsp3) is 0.423. The van der Waals surface area contributed by atoms with Crippen molar-refractivity contribution in [3.63, 3.8) is 0 Å². The third-order valence-electron chi connectivity index (χ3n) is 6.70. The maximum absolute atomic E-state index is 12.6. The molecule has 0 saturated carbocycles. The molecule has 2 heterocycles. The number of esters is 1. The molecule has 2 aromatic rings. The standard InChI is InChI=1S/C26H29NO2/c1-27-22-16-17-24(27)25(26(28)29-2)23(18-22)21-14-12-20(13-15-21)11-7-6-10-19-8-4-3-5-9-19/h3-5,8-9,12-15,22-25H,6,10,16-18H2,1-2H3/t22-,23-,24?,25?/m1/s1. The Hall–Kier alpha value is -2.57. The first-order valence-electron chi connectivity index (χ1n) is 10.6. The van der Waals surface area contributed by atoms with Gasteiger partial charge in [-0.25, -0.2) is 0 Å². The number of ether oxygens (including phenoxy) is 1. The highest BCUT2D eigenvalue weighted by Crippen LogP contribution is 2.46. The summed E-state index contributed by atoms with van der Waals surface area (Å²) in [6, 6.07) is 19.8. The van der Waals surface area contributed by atoms with Crippen LogP contribution in [0.15, 0.2) is 54.6 Å². The minimum Gasteiger partial charge on any atom is -0.469 e. The molecule has 150 valence electrons. The minimum atomic E-state index is -0.0773. The Labute approximate surface area is 174 Å². The fourth-order valence-electron chi connectivity index (χ4n) is 5.10. The number of benzene rings is 2. The average molecular weight is 388 g/mol. The smallest absolute Gasteiger partial charge is 0.310 e. The van der Waals surface area contributed by atoms with Crippen LogP contribution in [-0.2, 0) is 16.0 Å². The van der Waals surface area contributed by atoms with E-state index < -0.39 is 0 Å². The predicted molar refractivity (Wildman–Crippen MR) is 116 cm³/mol. The normalized spacial score (nSPS) is 25.9. The lowest BCUT2D eigenvalue weighted by Crippen LogP contribution is -2.49. The number of fused-ring (bicyclic) bond motifs is 2. The van der Waals surface area contributed by atoms with Gasteiger partial charge in [-0.2, -0.15) is 0 Å². The third kappa shape index (κ3) is 4.23. The molecule has 2 saturated heterocycles. The second-order valence-corrected chi connectivity index (χ2v) is 8.26. The molecule has 0 N–H and O–H groups in total. The molecule has 0 amide bonds. The van der Waals surface area contributed by atoms with Crippen LogP contribution in [0.1, 0.15) is 48.3 Å². The number of rotatable bonds is 4. The van der Waals surface area contributed by atoms with Gasteiger partial charge in [0.15, 0.2) is 0 Å². The van der Waals surface area contributed by atoms with Crippen molar-refractivity contribution in [2.24, 2.45) is 5.92 Å². The second kappa shape index (κ2) is 8.84. The zero-order valence-electron chi connectivity index (χ0n) is 17.3. The van der Waals surface area contributed by atoms with Gasteiger partial charge in [-0.15, -0.1) is 0 Å². The summed E-state index contributed by atoms with van der Waals surface area (Å²) >= 11 is 0. The van der Waals surface area contributed by atoms with Gasteiger partial charge in [0, 0.05) is 30.0 Å². The SMILES string of the molecule is COC(=O)C1C2CC[C@H](C[C@@H]1c1ccc(C#CCCc3ccccc3)cc1)N2C. The van der Waals surface area contributed by atoms with E-state index in [0.29, 0.717) is 12.1 Å². The van der Waals surface area contributed by atoms with Gasteiger partial charge in [-0.05, 0) is 56.0 Å². The summed E-state index contributed by atoms with van der Waals surface area (Å²) in [5.41, 5.74) is 3.59. The van der Waals surface area contributed by atoms with E-state index in [9.17, 15) is 4.79 Å². The largest absolute Gasteiger partial charge is 0.469 e. The summed E-state index contributed by atoms with van der Waals surface area (Å²) in [6.45, 7) is 0. The number of nitrogens with zero attached hydrogens (tertiary/aromatic N) is 1. The molecule has 4 rings (SSSR count). The number of carbonyl (C=O) groups excluding carboxylic acids is 1. The number of hydrogen-bond acceptors (Lipinski definition) is 3. The first-order chi connectivity index (χ1) is 14.2. The molecule has 3 heteroatoms. The lowest BCUT2D eigenvalue weighted by Gasteiger charge is -2.41. The van der Waals surface area contributed by atoms with Crippen molar-refractivity contribution in [2.75, 3.05) is 14.2 Å². The highest BCUT2D eigenvalue weighted by atomic mass is 16.5. The highest BCUT2D eigenvalue weighted by Gasteiger charge is 2.49. The van der Waals surface area contributed by atoms with Crippen LogP contribution < -0.4 is 0 Å². The van der Waals surface area contributed by atoms with E-state index in [1.54, 1.807) is 0 Å². The van der Waals surface area contributed by atoms with Gasteiger partial charge < -0.3 is 4.74 Å². The molecule has 2 bridgehead atoms. The van der Waals surface area contributed by atoms with Crippen molar-refractivity contribution in [1.82, 2.24) is 4.90 Å². The van der Waals surface area contributed by atoms with E-state index in [-0.39, 0.29) is 17.8 Å². The van der Waals surface area contributed by atoms with E-state index in [0.717, 1.165) is 31.2 Å². The van der Waals surface area contributed by atoms with Crippen LogP contribution in [-0.4, -0.2) is 37.1 Å². The maximum atomic E-state index is 12.6. The molecule has 2 aliphatic rings. The maximum Gasteiger partial charge on any atom is 0.310 e. The number of hydrogen-bond donors (Lipinski definition) is 0. The fourth-order valence-corrected chi connectivity index (χ4v) is 5.10. The number of piperidine rings is 1. The summed E-state index contributed by atoms with van der Waals surface area (Å²) in [6.07, 6.45) is 5.12. The predicted octanol–water partition coefficient (Wildman–Crippen LogP) is 4.41. The Bertz CT molecular complexity index is 894. The molecule has 2 fully saturated rings. The Kier molecular flexibility index (Phi) is 6.02. The molecule has 2 aliphatic heterocycles. The zero-order chi connectivity index (χ0) is 20.2. The van der Waals surface area contributed by atoms with Crippen molar-refractivity contribution >= 4 is 5.97 Å². The monoisotopic (exact) mass is 387 g/mol. The lowest BCUT2D eigenvalue weighted by atomic mass is 9.76. The van der Waals surface area contributed by atoms with Crippen LogP contribution in [0.2, 0.25) is 0 Å². The zero-order valence-corrected chi connectivity index (χ0v) is 17.3. The molecule has 0 radical (unpaired) electrons. The Morgan fingerprint density at radius 3 is 2.59 bits per heavy atom. The Morgan fingerprint density at radius 1 is 1.10 bits per heavy atom.